The zero-order chi connectivity index (χ0) is 14.3. The van der Waals surface area contributed by atoms with Crippen molar-refractivity contribution in [3.63, 3.8) is 0 Å². The predicted octanol–water partition coefficient (Wildman–Crippen LogP) is 2.20. The summed E-state index contributed by atoms with van der Waals surface area (Å²) in [6, 6.07) is 4.69. The van der Waals surface area contributed by atoms with Gasteiger partial charge in [0.2, 0.25) is 5.91 Å². The fourth-order valence-corrected chi connectivity index (χ4v) is 1.92. The van der Waals surface area contributed by atoms with Gasteiger partial charge >= 0.3 is 0 Å². The maximum Gasteiger partial charge on any atom is 0.236 e. The first-order valence-electron chi connectivity index (χ1n) is 5.92. The number of carbonyl (C=O) groups excluding carboxylic acids is 1. The molecule has 0 bridgehead atoms. The number of hydrogen-bond acceptors (Lipinski definition) is 3. The number of rotatable bonds is 7. The molecule has 0 fully saturated rings. The molecule has 1 N–H and O–H groups in total. The van der Waals surface area contributed by atoms with Crippen molar-refractivity contribution >= 4 is 34.2 Å². The van der Waals surface area contributed by atoms with E-state index >= 15 is 0 Å². The lowest BCUT2D eigenvalue weighted by molar-refractivity contribution is -0.129. The molecule has 0 saturated heterocycles. The molecule has 0 aromatic heterocycles. The first kappa shape index (κ1) is 19.3. The van der Waals surface area contributed by atoms with Gasteiger partial charge in [-0.3, -0.25) is 4.79 Å². The third-order valence-corrected chi connectivity index (χ3v) is 3.09. The molecule has 4 nitrogen and oxygen atoms in total. The van der Waals surface area contributed by atoms with Gasteiger partial charge in [0.05, 0.1) is 13.2 Å². The summed E-state index contributed by atoms with van der Waals surface area (Å²) in [5, 5.41) is 2.96. The third-order valence-electron chi connectivity index (χ3n) is 2.60. The number of benzene rings is 1. The molecular weight excluding hydrogens is 351 g/mol. The summed E-state index contributed by atoms with van der Waals surface area (Å²) in [5.41, 5.74) is 0.488. The Morgan fingerprint density at radius 3 is 2.85 bits per heavy atom. The molecule has 0 heterocycles. The molecule has 0 radical (unpaired) electrons. The van der Waals surface area contributed by atoms with Gasteiger partial charge in [-0.05, 0) is 18.2 Å². The second-order valence-corrected chi connectivity index (χ2v) is 5.07. The Hall–Kier alpha value is -0.690. The van der Waals surface area contributed by atoms with E-state index in [9.17, 15) is 9.18 Å². The van der Waals surface area contributed by atoms with Crippen molar-refractivity contribution < 1.29 is 13.9 Å². The summed E-state index contributed by atoms with van der Waals surface area (Å²) in [7, 11) is 3.26. The molecule has 0 aliphatic rings. The number of methoxy groups -OCH3 is 1. The molecular formula is C13H19BrClFN2O2. The summed E-state index contributed by atoms with van der Waals surface area (Å²) in [6.45, 7) is 1.63. The van der Waals surface area contributed by atoms with Crippen molar-refractivity contribution in [2.45, 2.75) is 6.54 Å². The first-order chi connectivity index (χ1) is 9.04. The highest BCUT2D eigenvalue weighted by Crippen LogP contribution is 2.16. The Morgan fingerprint density at radius 2 is 2.20 bits per heavy atom. The smallest absolute Gasteiger partial charge is 0.236 e. The molecule has 0 aliphatic heterocycles. The summed E-state index contributed by atoms with van der Waals surface area (Å²) in [4.78, 5) is 13.3. The van der Waals surface area contributed by atoms with Crippen molar-refractivity contribution in [3.8, 4) is 0 Å². The summed E-state index contributed by atoms with van der Waals surface area (Å²) in [6.07, 6.45) is 0. The largest absolute Gasteiger partial charge is 0.383 e. The van der Waals surface area contributed by atoms with Crippen LogP contribution in [0.2, 0.25) is 0 Å². The highest BCUT2D eigenvalue weighted by atomic mass is 79.9. The van der Waals surface area contributed by atoms with Gasteiger partial charge in [0.25, 0.3) is 0 Å². The van der Waals surface area contributed by atoms with E-state index in [1.807, 2.05) is 0 Å². The Balaban J connectivity index is 0.00000361. The van der Waals surface area contributed by atoms with E-state index in [1.54, 1.807) is 26.3 Å². The van der Waals surface area contributed by atoms with Crippen molar-refractivity contribution in [2.24, 2.45) is 0 Å². The van der Waals surface area contributed by atoms with Crippen LogP contribution in [0, 0.1) is 5.82 Å². The minimum Gasteiger partial charge on any atom is -0.383 e. The molecule has 1 aromatic carbocycles. The lowest BCUT2D eigenvalue weighted by atomic mass is 10.2. The van der Waals surface area contributed by atoms with E-state index in [4.69, 9.17) is 4.74 Å². The van der Waals surface area contributed by atoms with Crippen LogP contribution in [-0.2, 0) is 16.1 Å². The molecule has 1 aromatic rings. The number of halogens is 3. The summed E-state index contributed by atoms with van der Waals surface area (Å²) in [5.74, 6) is -0.398. The van der Waals surface area contributed by atoms with Gasteiger partial charge in [-0.15, -0.1) is 12.4 Å². The van der Waals surface area contributed by atoms with Crippen LogP contribution in [0.3, 0.4) is 0 Å². The molecule has 0 saturated carbocycles. The number of likely N-dealkylation sites (N-methyl/N-ethyl adjacent to an activating group) is 1. The van der Waals surface area contributed by atoms with Gasteiger partial charge in [0, 0.05) is 37.3 Å². The molecule has 20 heavy (non-hydrogen) atoms. The van der Waals surface area contributed by atoms with Crippen LogP contribution in [-0.4, -0.2) is 44.7 Å². The topological polar surface area (TPSA) is 41.6 Å². The van der Waals surface area contributed by atoms with Crippen LogP contribution >= 0.6 is 28.3 Å². The van der Waals surface area contributed by atoms with Gasteiger partial charge in [-0.25, -0.2) is 4.39 Å². The number of carbonyl (C=O) groups is 1. The van der Waals surface area contributed by atoms with E-state index in [2.05, 4.69) is 21.2 Å². The van der Waals surface area contributed by atoms with Crippen LogP contribution in [0.25, 0.3) is 0 Å². The Labute approximate surface area is 133 Å². The number of nitrogens with zero attached hydrogens (tertiary/aromatic N) is 1. The zero-order valence-electron chi connectivity index (χ0n) is 11.5. The van der Waals surface area contributed by atoms with Crippen LogP contribution in [0.1, 0.15) is 5.56 Å². The highest BCUT2D eigenvalue weighted by Gasteiger charge is 2.11. The van der Waals surface area contributed by atoms with Crippen molar-refractivity contribution in [1.29, 1.82) is 0 Å². The van der Waals surface area contributed by atoms with E-state index in [-0.39, 0.29) is 37.2 Å². The molecule has 1 amide bonds. The standard InChI is InChI=1S/C13H18BrFN2O2.ClH/c1-17(13(18)8-16-5-6-19-2)9-10-7-11(14)3-4-12(10)15;/h3-4,7,16H,5-6,8-9H2,1-2H3;1H. The lowest BCUT2D eigenvalue weighted by Gasteiger charge is -2.18. The molecule has 1 rings (SSSR count). The average Bonchev–Trinajstić information content (AvgIpc) is 2.38. The maximum absolute atomic E-state index is 13.6. The van der Waals surface area contributed by atoms with Gasteiger partial charge in [0.15, 0.2) is 0 Å². The molecule has 0 spiro atoms. The maximum atomic E-state index is 13.6. The number of hydrogen-bond donors (Lipinski definition) is 1. The minimum atomic E-state index is -0.310. The van der Waals surface area contributed by atoms with E-state index in [0.29, 0.717) is 18.7 Å². The highest BCUT2D eigenvalue weighted by molar-refractivity contribution is 9.10. The van der Waals surface area contributed by atoms with E-state index in [0.717, 1.165) is 4.47 Å². The van der Waals surface area contributed by atoms with Gasteiger partial charge in [-0.1, -0.05) is 15.9 Å². The van der Waals surface area contributed by atoms with Gasteiger partial charge in [-0.2, -0.15) is 0 Å². The van der Waals surface area contributed by atoms with E-state index < -0.39 is 0 Å². The number of amides is 1. The van der Waals surface area contributed by atoms with E-state index in [1.165, 1.54) is 11.0 Å². The minimum absolute atomic E-state index is 0. The first-order valence-corrected chi connectivity index (χ1v) is 6.71. The second-order valence-electron chi connectivity index (χ2n) is 4.16. The normalized spacial score (nSPS) is 10.0. The summed E-state index contributed by atoms with van der Waals surface area (Å²) < 4.78 is 19.2. The van der Waals surface area contributed by atoms with Crippen molar-refractivity contribution in [1.82, 2.24) is 10.2 Å². The van der Waals surface area contributed by atoms with Crippen LogP contribution in [0.15, 0.2) is 22.7 Å². The number of ether oxygens (including phenoxy) is 1. The van der Waals surface area contributed by atoms with Crippen LogP contribution in [0.4, 0.5) is 4.39 Å². The Bertz CT molecular complexity index is 435. The predicted molar refractivity (Wildman–Crippen MR) is 82.6 cm³/mol. The number of nitrogens with one attached hydrogen (secondary N) is 1. The molecule has 0 aliphatic carbocycles. The van der Waals surface area contributed by atoms with Crippen LogP contribution < -0.4 is 5.32 Å². The summed E-state index contributed by atoms with van der Waals surface area (Å²) >= 11 is 3.29. The quantitative estimate of drug-likeness (QED) is 0.749. The molecule has 0 atom stereocenters. The SMILES string of the molecule is COCCNCC(=O)N(C)Cc1cc(Br)ccc1F.Cl. The Kier molecular flexibility index (Phi) is 9.75. The lowest BCUT2D eigenvalue weighted by Crippen LogP contribution is -2.36. The van der Waals surface area contributed by atoms with Gasteiger partial charge in [0.1, 0.15) is 5.82 Å². The molecule has 7 heteroatoms. The fourth-order valence-electron chi connectivity index (χ4n) is 1.51. The van der Waals surface area contributed by atoms with Gasteiger partial charge < -0.3 is 15.0 Å². The van der Waals surface area contributed by atoms with Crippen LogP contribution in [0.5, 0.6) is 0 Å². The third kappa shape index (κ3) is 6.65. The fraction of sp³-hybridized carbons (Fsp3) is 0.462. The Morgan fingerprint density at radius 1 is 1.50 bits per heavy atom. The second kappa shape index (κ2) is 10.1. The zero-order valence-corrected chi connectivity index (χ0v) is 13.9. The molecule has 114 valence electrons. The average molecular weight is 370 g/mol. The monoisotopic (exact) mass is 368 g/mol. The molecule has 0 unspecified atom stereocenters. The van der Waals surface area contributed by atoms with Crippen molar-refractivity contribution in [3.05, 3.63) is 34.1 Å². The van der Waals surface area contributed by atoms with Crippen molar-refractivity contribution in [2.75, 3.05) is 33.9 Å².